The Kier molecular flexibility index (Phi) is 4.92. The molecule has 1 aromatic heterocycles. The van der Waals surface area contributed by atoms with Crippen LogP contribution in [0.3, 0.4) is 0 Å². The van der Waals surface area contributed by atoms with Crippen LogP contribution in [0.5, 0.6) is 0 Å². The average molecular weight is 342 g/mol. The highest BCUT2D eigenvalue weighted by Gasteiger charge is 2.30. The van der Waals surface area contributed by atoms with Gasteiger partial charge in [0.25, 0.3) is 0 Å². The van der Waals surface area contributed by atoms with Gasteiger partial charge in [-0.15, -0.1) is 0 Å². The molecule has 0 bridgehead atoms. The number of amides is 2. The molecule has 1 aromatic carbocycles. The van der Waals surface area contributed by atoms with E-state index in [0.717, 1.165) is 11.4 Å². The third-order valence-corrected chi connectivity index (χ3v) is 4.10. The fraction of sp³-hybridized carbons (Fsp3) is 0.278. The predicted octanol–water partition coefficient (Wildman–Crippen LogP) is 2.18. The van der Waals surface area contributed by atoms with Crippen molar-refractivity contribution in [1.82, 2.24) is 10.3 Å². The maximum absolute atomic E-state index is 13.5. The molecule has 0 radical (unpaired) electrons. The molecule has 2 heterocycles. The summed E-state index contributed by atoms with van der Waals surface area (Å²) < 4.78 is 13.5. The minimum Gasteiger partial charge on any atom is -0.368 e. The van der Waals surface area contributed by atoms with Gasteiger partial charge in [-0.3, -0.25) is 9.59 Å². The second-order valence-corrected chi connectivity index (χ2v) is 5.92. The van der Waals surface area contributed by atoms with Crippen LogP contribution in [0.4, 0.5) is 15.9 Å². The Morgan fingerprint density at radius 3 is 3.00 bits per heavy atom. The van der Waals surface area contributed by atoms with Crippen LogP contribution in [0, 0.1) is 12.7 Å². The van der Waals surface area contributed by atoms with Crippen LogP contribution in [0.1, 0.15) is 23.5 Å². The molecule has 0 saturated carbocycles. The normalized spacial score (nSPS) is 15.9. The summed E-state index contributed by atoms with van der Waals surface area (Å²) >= 11 is 0. The Hall–Kier alpha value is -2.96. The molecule has 2 amide bonds. The Morgan fingerprint density at radius 2 is 2.20 bits per heavy atom. The highest BCUT2D eigenvalue weighted by atomic mass is 19.1. The fourth-order valence-electron chi connectivity index (χ4n) is 2.83. The van der Waals surface area contributed by atoms with E-state index in [9.17, 15) is 14.0 Å². The molecule has 3 N–H and O–H groups in total. The average Bonchev–Trinajstić information content (AvgIpc) is 2.59. The number of anilines is 2. The van der Waals surface area contributed by atoms with Crippen LogP contribution in [0.2, 0.25) is 0 Å². The van der Waals surface area contributed by atoms with Crippen molar-refractivity contribution in [3.8, 4) is 0 Å². The first-order valence-corrected chi connectivity index (χ1v) is 8.07. The monoisotopic (exact) mass is 342 g/mol. The zero-order valence-electron chi connectivity index (χ0n) is 13.8. The lowest BCUT2D eigenvalue weighted by atomic mass is 9.89. The molecule has 3 rings (SSSR count). The summed E-state index contributed by atoms with van der Waals surface area (Å²) in [5.74, 6) is -0.889. The number of aromatic nitrogens is 1. The molecular weight excluding hydrogens is 323 g/mol. The molecule has 25 heavy (non-hydrogen) atoms. The summed E-state index contributed by atoms with van der Waals surface area (Å²) in [4.78, 5) is 28.4. The zero-order chi connectivity index (χ0) is 17.8. The number of nitrogens with zero attached hydrogens (tertiary/aromatic N) is 1. The van der Waals surface area contributed by atoms with E-state index in [1.54, 1.807) is 6.20 Å². The molecule has 0 aliphatic carbocycles. The molecule has 1 aliphatic rings. The van der Waals surface area contributed by atoms with Crippen LogP contribution in [0.25, 0.3) is 0 Å². The van der Waals surface area contributed by atoms with E-state index in [2.05, 4.69) is 20.9 Å². The van der Waals surface area contributed by atoms with Crippen molar-refractivity contribution in [1.29, 1.82) is 0 Å². The van der Waals surface area contributed by atoms with Crippen molar-refractivity contribution in [2.24, 2.45) is 0 Å². The number of carbonyl (C=O) groups is 2. The first-order chi connectivity index (χ1) is 12.0. The van der Waals surface area contributed by atoms with Gasteiger partial charge in [0.2, 0.25) is 11.8 Å². The quantitative estimate of drug-likeness (QED) is 0.728. The SMILES string of the molecule is Cc1cccnc1NCCNC(=O)[C@@H]1CC(=O)Nc2ccc(F)cc21. The van der Waals surface area contributed by atoms with Crippen LogP contribution in [-0.4, -0.2) is 29.9 Å². The number of aryl methyl sites for hydroxylation is 1. The van der Waals surface area contributed by atoms with Crippen LogP contribution in [-0.2, 0) is 9.59 Å². The standard InChI is InChI=1S/C18H19FN4O2/c1-11-3-2-6-20-17(11)21-7-8-22-18(25)14-10-16(24)23-15-5-4-12(19)9-13(14)15/h2-6,9,14H,7-8,10H2,1H3,(H,20,21)(H,22,25)(H,23,24)/t14-/m1/s1. The minimum atomic E-state index is -0.684. The molecule has 1 aliphatic heterocycles. The maximum atomic E-state index is 13.5. The lowest BCUT2D eigenvalue weighted by Crippen LogP contribution is -2.37. The van der Waals surface area contributed by atoms with Gasteiger partial charge in [0.05, 0.1) is 5.92 Å². The Labute approximate surface area is 144 Å². The Morgan fingerprint density at radius 1 is 1.36 bits per heavy atom. The summed E-state index contributed by atoms with van der Waals surface area (Å²) in [6, 6.07) is 7.84. The second kappa shape index (κ2) is 7.29. The summed E-state index contributed by atoms with van der Waals surface area (Å²) in [5.41, 5.74) is 2.01. The van der Waals surface area contributed by atoms with Crippen molar-refractivity contribution < 1.29 is 14.0 Å². The van der Waals surface area contributed by atoms with E-state index in [1.807, 2.05) is 19.1 Å². The number of hydrogen-bond acceptors (Lipinski definition) is 4. The number of halogens is 1. The zero-order valence-corrected chi connectivity index (χ0v) is 13.8. The highest BCUT2D eigenvalue weighted by molar-refractivity contribution is 6.01. The van der Waals surface area contributed by atoms with Gasteiger partial charge in [0.15, 0.2) is 0 Å². The van der Waals surface area contributed by atoms with Crippen molar-refractivity contribution >= 4 is 23.3 Å². The van der Waals surface area contributed by atoms with Gasteiger partial charge in [-0.1, -0.05) is 6.07 Å². The van der Waals surface area contributed by atoms with E-state index >= 15 is 0 Å². The van der Waals surface area contributed by atoms with Crippen LogP contribution >= 0.6 is 0 Å². The van der Waals surface area contributed by atoms with E-state index in [0.29, 0.717) is 24.3 Å². The van der Waals surface area contributed by atoms with Gasteiger partial charge in [0.1, 0.15) is 11.6 Å². The lowest BCUT2D eigenvalue weighted by Gasteiger charge is -2.25. The topological polar surface area (TPSA) is 83.1 Å². The van der Waals surface area contributed by atoms with Gasteiger partial charge in [-0.25, -0.2) is 9.37 Å². The summed E-state index contributed by atoms with van der Waals surface area (Å²) in [7, 11) is 0. The van der Waals surface area contributed by atoms with Gasteiger partial charge in [-0.2, -0.15) is 0 Å². The second-order valence-electron chi connectivity index (χ2n) is 5.92. The van der Waals surface area contributed by atoms with E-state index in [4.69, 9.17) is 0 Å². The molecule has 0 saturated heterocycles. The molecule has 7 heteroatoms. The van der Waals surface area contributed by atoms with Crippen molar-refractivity contribution in [3.63, 3.8) is 0 Å². The highest BCUT2D eigenvalue weighted by Crippen LogP contribution is 2.32. The number of carbonyl (C=O) groups excluding carboxylic acids is 2. The molecule has 0 unspecified atom stereocenters. The van der Waals surface area contributed by atoms with E-state index < -0.39 is 11.7 Å². The Bertz CT molecular complexity index is 809. The molecule has 2 aromatic rings. The summed E-state index contributed by atoms with van der Waals surface area (Å²) in [6.45, 7) is 2.82. The van der Waals surface area contributed by atoms with Gasteiger partial charge < -0.3 is 16.0 Å². The van der Waals surface area contributed by atoms with Crippen molar-refractivity contribution in [3.05, 3.63) is 53.5 Å². The Balaban J connectivity index is 1.59. The first-order valence-electron chi connectivity index (χ1n) is 8.07. The molecule has 130 valence electrons. The van der Waals surface area contributed by atoms with Gasteiger partial charge >= 0.3 is 0 Å². The molecule has 1 atom stereocenters. The van der Waals surface area contributed by atoms with Gasteiger partial charge in [-0.05, 0) is 42.3 Å². The number of pyridine rings is 1. The lowest BCUT2D eigenvalue weighted by molar-refractivity contribution is -0.126. The minimum absolute atomic E-state index is 0.00899. The molecule has 6 nitrogen and oxygen atoms in total. The number of nitrogens with one attached hydrogen (secondary N) is 3. The van der Waals surface area contributed by atoms with Crippen LogP contribution < -0.4 is 16.0 Å². The number of benzene rings is 1. The number of fused-ring (bicyclic) bond motifs is 1. The fourth-order valence-corrected chi connectivity index (χ4v) is 2.83. The van der Waals surface area contributed by atoms with Crippen molar-refractivity contribution in [2.75, 3.05) is 23.7 Å². The smallest absolute Gasteiger partial charge is 0.228 e. The van der Waals surface area contributed by atoms with E-state index in [1.165, 1.54) is 18.2 Å². The summed E-state index contributed by atoms with van der Waals surface area (Å²) in [6.07, 6.45) is 1.70. The number of rotatable bonds is 5. The number of hydrogen-bond donors (Lipinski definition) is 3. The third-order valence-electron chi connectivity index (χ3n) is 4.10. The third kappa shape index (κ3) is 3.93. The van der Waals surface area contributed by atoms with Gasteiger partial charge in [0, 0.05) is 31.4 Å². The molecule has 0 spiro atoms. The van der Waals surface area contributed by atoms with E-state index in [-0.39, 0.29) is 18.2 Å². The first kappa shape index (κ1) is 16.9. The molecule has 0 fully saturated rings. The maximum Gasteiger partial charge on any atom is 0.228 e. The largest absolute Gasteiger partial charge is 0.368 e. The molecular formula is C18H19FN4O2. The predicted molar refractivity (Wildman–Crippen MR) is 92.9 cm³/mol. The summed E-state index contributed by atoms with van der Waals surface area (Å²) in [5, 5.41) is 8.60. The van der Waals surface area contributed by atoms with Crippen molar-refractivity contribution in [2.45, 2.75) is 19.3 Å². The van der Waals surface area contributed by atoms with Crippen LogP contribution in [0.15, 0.2) is 36.5 Å².